The molecule has 102 valence electrons. The van der Waals surface area contributed by atoms with E-state index >= 15 is 0 Å². The van der Waals surface area contributed by atoms with Crippen LogP contribution in [0.3, 0.4) is 0 Å². The maximum absolute atomic E-state index is 11.8. The summed E-state index contributed by atoms with van der Waals surface area (Å²) in [7, 11) is 0. The Morgan fingerprint density at radius 3 is 2.80 bits per heavy atom. The second kappa shape index (κ2) is 4.94. The molecule has 1 heterocycles. The number of ether oxygens (including phenoxy) is 1. The molecular weight excluding hydrogens is 320 g/mol. The van der Waals surface area contributed by atoms with Gasteiger partial charge >= 0.3 is 5.97 Å². The molecule has 0 aliphatic carbocycles. The molecule has 0 bridgehead atoms. The van der Waals surface area contributed by atoms with Gasteiger partial charge in [-0.25, -0.2) is 0 Å². The molecule has 3 rings (SSSR count). The highest BCUT2D eigenvalue weighted by Crippen LogP contribution is 2.42. The van der Waals surface area contributed by atoms with E-state index < -0.39 is 11.9 Å². The first kappa shape index (κ1) is 13.2. The Labute approximate surface area is 125 Å². The zero-order valence-electron chi connectivity index (χ0n) is 10.9. The maximum atomic E-state index is 11.8. The van der Waals surface area contributed by atoms with E-state index in [1.54, 1.807) is 0 Å². The number of carbonyl (C=O) groups is 1. The second-order valence-corrected chi connectivity index (χ2v) is 5.78. The monoisotopic (exact) mass is 332 g/mol. The third kappa shape index (κ3) is 2.10. The predicted octanol–water partition coefficient (Wildman–Crippen LogP) is 3.87. The number of halogens is 1. The normalized spacial score (nSPS) is 16.6. The lowest BCUT2D eigenvalue weighted by Crippen LogP contribution is -2.14. The van der Waals surface area contributed by atoms with Gasteiger partial charge in [-0.3, -0.25) is 4.79 Å². The van der Waals surface area contributed by atoms with E-state index in [-0.39, 0.29) is 0 Å². The molecule has 0 saturated carbocycles. The highest BCUT2D eigenvalue weighted by atomic mass is 79.9. The van der Waals surface area contributed by atoms with E-state index in [1.165, 1.54) is 0 Å². The Kier molecular flexibility index (Phi) is 3.26. The lowest BCUT2D eigenvalue weighted by molar-refractivity contribution is -0.137. The number of rotatable bonds is 1. The Morgan fingerprint density at radius 1 is 1.30 bits per heavy atom. The van der Waals surface area contributed by atoms with E-state index in [9.17, 15) is 9.90 Å². The Balaban J connectivity index is 2.29. The Bertz CT molecular complexity index is 694. The number of carboxylic acid groups (broad SMARTS) is 1. The molecule has 0 spiro atoms. The number of hydrogen-bond acceptors (Lipinski definition) is 2. The molecule has 1 aliphatic rings. The van der Waals surface area contributed by atoms with Gasteiger partial charge in [0, 0.05) is 5.56 Å². The highest BCUT2D eigenvalue weighted by molar-refractivity contribution is 9.10. The van der Waals surface area contributed by atoms with E-state index in [1.807, 2.05) is 43.3 Å². The summed E-state index contributed by atoms with van der Waals surface area (Å²) in [5, 5.41) is 9.67. The third-order valence-corrected chi connectivity index (χ3v) is 4.10. The van der Waals surface area contributed by atoms with Crippen molar-refractivity contribution in [1.82, 2.24) is 0 Å². The zero-order valence-corrected chi connectivity index (χ0v) is 12.5. The third-order valence-electron chi connectivity index (χ3n) is 3.51. The molecule has 2 aromatic rings. The Morgan fingerprint density at radius 2 is 2.05 bits per heavy atom. The summed E-state index contributed by atoms with van der Waals surface area (Å²) in [5.74, 6) is -0.930. The summed E-state index contributed by atoms with van der Waals surface area (Å²) < 4.78 is 6.63. The molecular formula is C16H13BrO3. The average molecular weight is 333 g/mol. The van der Waals surface area contributed by atoms with E-state index in [4.69, 9.17) is 4.74 Å². The van der Waals surface area contributed by atoms with E-state index in [0.29, 0.717) is 17.9 Å². The Hall–Kier alpha value is -1.81. The highest BCUT2D eigenvalue weighted by Gasteiger charge is 2.31. The molecule has 1 unspecified atom stereocenters. The van der Waals surface area contributed by atoms with Crippen molar-refractivity contribution in [3.05, 3.63) is 63.1 Å². The van der Waals surface area contributed by atoms with Crippen molar-refractivity contribution < 1.29 is 14.6 Å². The van der Waals surface area contributed by atoms with Crippen molar-refractivity contribution in [3.63, 3.8) is 0 Å². The van der Waals surface area contributed by atoms with Crippen molar-refractivity contribution in [2.75, 3.05) is 0 Å². The molecule has 1 atom stereocenters. The topological polar surface area (TPSA) is 46.5 Å². The molecule has 0 aromatic heterocycles. The summed E-state index contributed by atoms with van der Waals surface area (Å²) >= 11 is 3.47. The number of aliphatic carboxylic acids is 1. The number of benzene rings is 2. The molecule has 4 heteroatoms. The minimum absolute atomic E-state index is 0.384. The minimum Gasteiger partial charge on any atom is -0.487 e. The smallest absolute Gasteiger partial charge is 0.315 e. The van der Waals surface area contributed by atoms with Crippen LogP contribution in [0.15, 0.2) is 40.9 Å². The quantitative estimate of drug-likeness (QED) is 0.862. The lowest BCUT2D eigenvalue weighted by atomic mass is 9.88. The van der Waals surface area contributed by atoms with E-state index in [2.05, 4.69) is 15.9 Å². The number of hydrogen-bond donors (Lipinski definition) is 1. The summed E-state index contributed by atoms with van der Waals surface area (Å²) in [4.78, 5) is 11.8. The van der Waals surface area contributed by atoms with Crippen LogP contribution in [0.2, 0.25) is 0 Å². The van der Waals surface area contributed by atoms with Gasteiger partial charge in [0.2, 0.25) is 0 Å². The molecule has 0 fully saturated rings. The largest absolute Gasteiger partial charge is 0.487 e. The summed E-state index contributed by atoms with van der Waals surface area (Å²) in [6.45, 7) is 2.33. The minimum atomic E-state index is -0.860. The predicted molar refractivity (Wildman–Crippen MR) is 79.1 cm³/mol. The molecule has 3 nitrogen and oxygen atoms in total. The summed E-state index contributed by atoms with van der Waals surface area (Å²) in [6, 6.07) is 11.4. The number of fused-ring (bicyclic) bond motifs is 2. The average Bonchev–Trinajstić information content (AvgIpc) is 2.54. The van der Waals surface area contributed by atoms with Crippen molar-refractivity contribution in [1.29, 1.82) is 0 Å². The van der Waals surface area contributed by atoms with Crippen LogP contribution in [0.25, 0.3) is 0 Å². The van der Waals surface area contributed by atoms with Crippen molar-refractivity contribution in [2.24, 2.45) is 0 Å². The molecule has 0 saturated heterocycles. The van der Waals surface area contributed by atoms with Crippen molar-refractivity contribution in [3.8, 4) is 5.75 Å². The molecule has 20 heavy (non-hydrogen) atoms. The fourth-order valence-electron chi connectivity index (χ4n) is 2.65. The van der Waals surface area contributed by atoms with Gasteiger partial charge in [-0.2, -0.15) is 0 Å². The number of carboxylic acids is 1. The van der Waals surface area contributed by atoms with Crippen LogP contribution in [-0.2, 0) is 11.4 Å². The first-order valence-electron chi connectivity index (χ1n) is 6.31. The van der Waals surface area contributed by atoms with Gasteiger partial charge in [0.15, 0.2) is 0 Å². The first-order chi connectivity index (χ1) is 9.58. The molecule has 0 amide bonds. The van der Waals surface area contributed by atoms with Gasteiger partial charge in [-0.15, -0.1) is 0 Å². The second-order valence-electron chi connectivity index (χ2n) is 4.92. The molecule has 1 aliphatic heterocycles. The fraction of sp³-hybridized carbons (Fsp3) is 0.188. The van der Waals surface area contributed by atoms with Gasteiger partial charge in [-0.05, 0) is 45.6 Å². The lowest BCUT2D eigenvalue weighted by Gasteiger charge is -2.16. The standard InChI is InChI=1S/C16H13BrO3/c1-9-6-12-14(16(18)19)11-5-3-2-4-10(11)8-20-15(12)13(17)7-9/h2-7,14H,8H2,1H3,(H,18,19). The van der Waals surface area contributed by atoms with Crippen LogP contribution in [0, 0.1) is 6.92 Å². The maximum Gasteiger partial charge on any atom is 0.315 e. The number of aryl methyl sites for hydroxylation is 1. The van der Waals surface area contributed by atoms with Crippen LogP contribution in [0.5, 0.6) is 5.75 Å². The molecule has 2 aromatic carbocycles. The van der Waals surface area contributed by atoms with Gasteiger partial charge in [-0.1, -0.05) is 30.3 Å². The van der Waals surface area contributed by atoms with Crippen LogP contribution < -0.4 is 4.74 Å². The van der Waals surface area contributed by atoms with Gasteiger partial charge < -0.3 is 9.84 Å². The van der Waals surface area contributed by atoms with Gasteiger partial charge in [0.25, 0.3) is 0 Å². The van der Waals surface area contributed by atoms with Crippen molar-refractivity contribution >= 4 is 21.9 Å². The van der Waals surface area contributed by atoms with Crippen molar-refractivity contribution in [2.45, 2.75) is 19.4 Å². The van der Waals surface area contributed by atoms with Crippen LogP contribution in [-0.4, -0.2) is 11.1 Å². The van der Waals surface area contributed by atoms with Gasteiger partial charge in [0.05, 0.1) is 4.47 Å². The van der Waals surface area contributed by atoms with Crippen LogP contribution in [0.4, 0.5) is 0 Å². The van der Waals surface area contributed by atoms with Crippen LogP contribution in [0.1, 0.15) is 28.2 Å². The summed E-state index contributed by atoms with van der Waals surface area (Å²) in [6.07, 6.45) is 0. The zero-order chi connectivity index (χ0) is 14.3. The summed E-state index contributed by atoms with van der Waals surface area (Å²) in [5.41, 5.74) is 3.43. The first-order valence-corrected chi connectivity index (χ1v) is 7.10. The van der Waals surface area contributed by atoms with Gasteiger partial charge in [0.1, 0.15) is 18.3 Å². The van der Waals surface area contributed by atoms with Crippen LogP contribution >= 0.6 is 15.9 Å². The fourth-order valence-corrected chi connectivity index (χ4v) is 3.36. The molecule has 0 radical (unpaired) electrons. The molecule has 1 N–H and O–H groups in total. The SMILES string of the molecule is Cc1cc(Br)c2c(c1)C(C(=O)O)c1ccccc1CO2. The van der Waals surface area contributed by atoms with E-state index in [0.717, 1.165) is 21.2 Å².